The summed E-state index contributed by atoms with van der Waals surface area (Å²) in [4.78, 5) is 24.8. The van der Waals surface area contributed by atoms with Crippen molar-refractivity contribution in [3.63, 3.8) is 0 Å². The van der Waals surface area contributed by atoms with Gasteiger partial charge in [0.2, 0.25) is 0 Å². The summed E-state index contributed by atoms with van der Waals surface area (Å²) in [5, 5.41) is 0. The number of ether oxygens (including phenoxy) is 4. The van der Waals surface area contributed by atoms with Gasteiger partial charge in [-0.2, -0.15) is 0 Å². The summed E-state index contributed by atoms with van der Waals surface area (Å²) in [6, 6.07) is 0. The molecule has 0 N–H and O–H groups in total. The number of carbonyl (C=O) groups is 2. The number of allylic oxidation sites excluding steroid dienone is 3. The Balaban J connectivity index is 2.21. The first-order valence-corrected chi connectivity index (χ1v) is 15.2. The second-order valence-corrected chi connectivity index (χ2v) is 13.4. The van der Waals surface area contributed by atoms with E-state index in [4.69, 9.17) is 18.9 Å². The highest BCUT2D eigenvalue weighted by Crippen LogP contribution is 2.41. The Labute approximate surface area is 243 Å². The lowest BCUT2D eigenvalue weighted by Gasteiger charge is -2.35. The predicted molar refractivity (Wildman–Crippen MR) is 161 cm³/mol. The van der Waals surface area contributed by atoms with Gasteiger partial charge < -0.3 is 18.9 Å². The van der Waals surface area contributed by atoms with Crippen LogP contribution in [0.1, 0.15) is 101 Å². The van der Waals surface area contributed by atoms with Crippen LogP contribution in [0.25, 0.3) is 0 Å². The Hall–Kier alpha value is -1.92. The van der Waals surface area contributed by atoms with Crippen molar-refractivity contribution >= 4 is 11.9 Å². The van der Waals surface area contributed by atoms with E-state index in [9.17, 15) is 9.59 Å². The molecule has 0 aromatic rings. The zero-order valence-corrected chi connectivity index (χ0v) is 27.0. The molecule has 2 heterocycles. The maximum atomic E-state index is 12.9. The molecule has 9 unspecified atom stereocenters. The Morgan fingerprint density at radius 2 is 1.90 bits per heavy atom. The SMILES string of the molecule is CCC(C)C(C)C1OC1CC(C)(C)/C=C/C=C(\C)C1OC(=O)CC(C)CCC(C)(OC)C(OC(C)=O)/C=C/C1C. The van der Waals surface area contributed by atoms with Gasteiger partial charge in [-0.3, -0.25) is 9.59 Å². The molecule has 9 atom stereocenters. The lowest BCUT2D eigenvalue weighted by atomic mass is 9.83. The van der Waals surface area contributed by atoms with Crippen molar-refractivity contribution in [1.82, 2.24) is 0 Å². The molecule has 6 heteroatoms. The maximum Gasteiger partial charge on any atom is 0.306 e. The molecule has 40 heavy (non-hydrogen) atoms. The van der Waals surface area contributed by atoms with Gasteiger partial charge in [0.15, 0.2) is 0 Å². The molecule has 1 saturated heterocycles. The quantitative estimate of drug-likeness (QED) is 0.118. The van der Waals surface area contributed by atoms with Crippen LogP contribution in [0.4, 0.5) is 0 Å². The Kier molecular flexibility index (Phi) is 12.7. The zero-order valence-electron chi connectivity index (χ0n) is 27.0. The molecule has 0 amide bonds. The van der Waals surface area contributed by atoms with Gasteiger partial charge in [-0.1, -0.05) is 79.2 Å². The predicted octanol–water partition coefficient (Wildman–Crippen LogP) is 7.62. The van der Waals surface area contributed by atoms with Gasteiger partial charge in [-0.15, -0.1) is 0 Å². The molecular formula is C34H56O6. The summed E-state index contributed by atoms with van der Waals surface area (Å²) in [6.07, 6.45) is 13.8. The van der Waals surface area contributed by atoms with Crippen molar-refractivity contribution in [3.05, 3.63) is 36.0 Å². The monoisotopic (exact) mass is 560 g/mol. The summed E-state index contributed by atoms with van der Waals surface area (Å²) < 4.78 is 23.7. The summed E-state index contributed by atoms with van der Waals surface area (Å²) in [5.74, 6) is 0.679. The fourth-order valence-electron chi connectivity index (χ4n) is 5.63. The minimum atomic E-state index is -0.690. The van der Waals surface area contributed by atoms with Crippen molar-refractivity contribution in [3.8, 4) is 0 Å². The van der Waals surface area contributed by atoms with Crippen LogP contribution >= 0.6 is 0 Å². The van der Waals surface area contributed by atoms with Crippen LogP contribution in [-0.2, 0) is 28.5 Å². The number of methoxy groups -OCH3 is 1. The lowest BCUT2D eigenvalue weighted by molar-refractivity contribution is -0.160. The first-order chi connectivity index (χ1) is 18.6. The number of carbonyl (C=O) groups excluding carboxylic acids is 2. The molecule has 2 rings (SSSR count). The van der Waals surface area contributed by atoms with E-state index in [-0.39, 0.29) is 29.2 Å². The van der Waals surface area contributed by atoms with Crippen molar-refractivity contribution in [2.45, 2.75) is 131 Å². The average Bonchev–Trinajstić information content (AvgIpc) is 3.64. The van der Waals surface area contributed by atoms with E-state index < -0.39 is 17.8 Å². The molecule has 0 saturated carbocycles. The van der Waals surface area contributed by atoms with Crippen molar-refractivity contribution in [1.29, 1.82) is 0 Å². The van der Waals surface area contributed by atoms with E-state index in [0.29, 0.717) is 36.9 Å². The molecule has 0 aliphatic carbocycles. The summed E-state index contributed by atoms with van der Waals surface area (Å²) in [6.45, 7) is 20.8. The minimum absolute atomic E-state index is 0.0165. The van der Waals surface area contributed by atoms with Crippen molar-refractivity contribution in [2.75, 3.05) is 7.11 Å². The summed E-state index contributed by atoms with van der Waals surface area (Å²) in [5.41, 5.74) is 0.258. The molecule has 0 aromatic carbocycles. The van der Waals surface area contributed by atoms with Crippen LogP contribution in [0.5, 0.6) is 0 Å². The smallest absolute Gasteiger partial charge is 0.306 e. The van der Waals surface area contributed by atoms with Gasteiger partial charge in [0.25, 0.3) is 0 Å². The number of epoxide rings is 1. The van der Waals surface area contributed by atoms with E-state index in [2.05, 4.69) is 52.8 Å². The molecule has 2 aliphatic rings. The van der Waals surface area contributed by atoms with Crippen molar-refractivity contribution in [2.24, 2.45) is 29.1 Å². The lowest BCUT2D eigenvalue weighted by Crippen LogP contribution is -2.43. The average molecular weight is 561 g/mol. The molecule has 2 aliphatic heterocycles. The van der Waals surface area contributed by atoms with Crippen LogP contribution in [0.2, 0.25) is 0 Å². The highest BCUT2D eigenvalue weighted by Gasteiger charge is 2.46. The third kappa shape index (κ3) is 10.2. The molecule has 6 nitrogen and oxygen atoms in total. The maximum absolute atomic E-state index is 12.9. The number of cyclic esters (lactones) is 1. The van der Waals surface area contributed by atoms with E-state index in [1.807, 2.05) is 39.8 Å². The summed E-state index contributed by atoms with van der Waals surface area (Å²) >= 11 is 0. The minimum Gasteiger partial charge on any atom is -0.457 e. The van der Waals surface area contributed by atoms with Crippen LogP contribution < -0.4 is 0 Å². The molecule has 0 bridgehead atoms. The molecule has 0 spiro atoms. The number of rotatable bonds is 10. The standard InChI is InChI=1S/C34H56O6/c1-12-23(3)26(6)32-28(39-32)21-33(8,9)18-13-14-24(4)31-25(5)15-16-29(38-27(7)35)34(10,37-11)19-17-22(2)20-30(36)40-31/h13-16,18,22-23,25-26,28-29,31-32H,12,17,19-21H2,1-11H3/b16-15+,18-13+,24-14+. The van der Waals surface area contributed by atoms with Crippen LogP contribution in [0, 0.1) is 29.1 Å². The Bertz CT molecular complexity index is 933. The second-order valence-electron chi connectivity index (χ2n) is 13.4. The van der Waals surface area contributed by atoms with Gasteiger partial charge >= 0.3 is 11.9 Å². The summed E-state index contributed by atoms with van der Waals surface area (Å²) in [7, 11) is 1.64. The zero-order chi connectivity index (χ0) is 30.3. The molecule has 228 valence electrons. The second kappa shape index (κ2) is 14.8. The number of esters is 2. The first kappa shape index (κ1) is 34.3. The first-order valence-electron chi connectivity index (χ1n) is 15.2. The molecule has 0 aromatic heterocycles. The van der Waals surface area contributed by atoms with Crippen LogP contribution in [-0.4, -0.2) is 49.1 Å². The van der Waals surface area contributed by atoms with Gasteiger partial charge in [0.1, 0.15) is 17.8 Å². The van der Waals surface area contributed by atoms with Gasteiger partial charge in [0.05, 0.1) is 12.2 Å². The van der Waals surface area contributed by atoms with E-state index in [0.717, 1.165) is 18.4 Å². The van der Waals surface area contributed by atoms with Gasteiger partial charge in [-0.05, 0) is 67.9 Å². The molecule has 1 fully saturated rings. The topological polar surface area (TPSA) is 74.4 Å². The normalized spacial score (nSPS) is 34.8. The Morgan fingerprint density at radius 3 is 2.50 bits per heavy atom. The molecule has 0 radical (unpaired) electrons. The van der Waals surface area contributed by atoms with Crippen LogP contribution in [0.3, 0.4) is 0 Å². The third-order valence-electron chi connectivity index (χ3n) is 9.10. The van der Waals surface area contributed by atoms with Gasteiger partial charge in [-0.25, -0.2) is 0 Å². The molecular weight excluding hydrogens is 504 g/mol. The van der Waals surface area contributed by atoms with Crippen LogP contribution in [0.15, 0.2) is 36.0 Å². The van der Waals surface area contributed by atoms with Crippen molar-refractivity contribution < 1.29 is 28.5 Å². The number of hydrogen-bond donors (Lipinski definition) is 0. The number of hydrogen-bond acceptors (Lipinski definition) is 6. The van der Waals surface area contributed by atoms with E-state index >= 15 is 0 Å². The highest BCUT2D eigenvalue weighted by atomic mass is 16.6. The van der Waals surface area contributed by atoms with E-state index in [1.54, 1.807) is 7.11 Å². The fraction of sp³-hybridized carbons (Fsp3) is 0.765. The largest absolute Gasteiger partial charge is 0.457 e. The van der Waals surface area contributed by atoms with Gasteiger partial charge in [0, 0.05) is 26.4 Å². The fourth-order valence-corrected chi connectivity index (χ4v) is 5.63. The highest BCUT2D eigenvalue weighted by molar-refractivity contribution is 5.70. The van der Waals surface area contributed by atoms with E-state index in [1.165, 1.54) is 13.3 Å². The third-order valence-corrected chi connectivity index (χ3v) is 9.10. The Morgan fingerprint density at radius 1 is 1.23 bits per heavy atom.